The van der Waals surface area contributed by atoms with E-state index in [0.29, 0.717) is 41.1 Å². The molecule has 1 N–H and O–H groups in total. The van der Waals surface area contributed by atoms with Crippen LogP contribution in [0.2, 0.25) is 0 Å². The maximum absolute atomic E-state index is 14.0. The maximum atomic E-state index is 14.0. The summed E-state index contributed by atoms with van der Waals surface area (Å²) in [6.07, 6.45) is 1.57. The van der Waals surface area contributed by atoms with Gasteiger partial charge in [-0.3, -0.25) is 4.99 Å². The number of anilines is 1. The average Bonchev–Trinajstić information content (AvgIpc) is 2.72. The molecule has 0 spiro atoms. The van der Waals surface area contributed by atoms with Gasteiger partial charge in [0.15, 0.2) is 0 Å². The summed E-state index contributed by atoms with van der Waals surface area (Å²) >= 11 is 3.82. The van der Waals surface area contributed by atoms with E-state index in [-0.39, 0.29) is 18.2 Å². The highest BCUT2D eigenvalue weighted by Crippen LogP contribution is 2.34. The average molecular weight is 632 g/mol. The summed E-state index contributed by atoms with van der Waals surface area (Å²) < 4.78 is 48.2. The Kier molecular flexibility index (Phi) is 6.32. The van der Waals surface area contributed by atoms with E-state index in [2.05, 4.69) is 10.3 Å². The fraction of sp³-hybridized carbons (Fsp3) is 0.0455. The molecule has 1 heterocycles. The SMILES string of the molecule is Fc1ccc2c(c1)OCC(C=Nc1ccc(I)c(F)c1)=C2Nc1ccc(I)c(F)c1. The van der Waals surface area contributed by atoms with Crippen molar-refractivity contribution >= 4 is 68.5 Å². The monoisotopic (exact) mass is 632 g/mol. The molecule has 30 heavy (non-hydrogen) atoms. The van der Waals surface area contributed by atoms with Gasteiger partial charge in [0.1, 0.15) is 29.8 Å². The first-order valence-electron chi connectivity index (χ1n) is 8.78. The third-order valence-electron chi connectivity index (χ3n) is 4.38. The van der Waals surface area contributed by atoms with Crippen molar-refractivity contribution in [3.63, 3.8) is 0 Å². The first-order chi connectivity index (χ1) is 14.4. The summed E-state index contributed by atoms with van der Waals surface area (Å²) in [7, 11) is 0. The summed E-state index contributed by atoms with van der Waals surface area (Å²) in [5.74, 6) is -0.745. The van der Waals surface area contributed by atoms with Crippen LogP contribution in [0.1, 0.15) is 5.56 Å². The highest BCUT2D eigenvalue weighted by atomic mass is 127. The van der Waals surface area contributed by atoms with Crippen molar-refractivity contribution in [2.45, 2.75) is 0 Å². The van der Waals surface area contributed by atoms with Gasteiger partial charge in [0.25, 0.3) is 0 Å². The second kappa shape index (κ2) is 8.96. The van der Waals surface area contributed by atoms with Crippen molar-refractivity contribution in [2.75, 3.05) is 11.9 Å². The Hall–Kier alpha value is -2.08. The number of nitrogens with one attached hydrogen (secondary N) is 1. The summed E-state index contributed by atoms with van der Waals surface area (Å²) in [4.78, 5) is 4.35. The molecule has 0 aliphatic carbocycles. The molecule has 0 bridgehead atoms. The maximum Gasteiger partial charge on any atom is 0.138 e. The third kappa shape index (κ3) is 4.64. The second-order valence-corrected chi connectivity index (χ2v) is 8.76. The van der Waals surface area contributed by atoms with E-state index in [1.165, 1.54) is 24.3 Å². The van der Waals surface area contributed by atoms with Gasteiger partial charge in [-0.2, -0.15) is 0 Å². The van der Waals surface area contributed by atoms with Crippen molar-refractivity contribution in [3.8, 4) is 5.75 Å². The molecule has 152 valence electrons. The van der Waals surface area contributed by atoms with Crippen LogP contribution >= 0.6 is 45.2 Å². The second-order valence-electron chi connectivity index (χ2n) is 6.44. The fourth-order valence-electron chi connectivity index (χ4n) is 2.91. The Bertz CT molecular complexity index is 1190. The Morgan fingerprint density at radius 2 is 1.63 bits per heavy atom. The van der Waals surface area contributed by atoms with Crippen molar-refractivity contribution in [2.24, 2.45) is 4.99 Å². The molecule has 3 nitrogen and oxygen atoms in total. The molecule has 0 saturated heterocycles. The minimum absolute atomic E-state index is 0.127. The lowest BCUT2D eigenvalue weighted by atomic mass is 10.0. The van der Waals surface area contributed by atoms with Crippen LogP contribution in [0.3, 0.4) is 0 Å². The minimum Gasteiger partial charge on any atom is -0.488 e. The van der Waals surface area contributed by atoms with Crippen LogP contribution in [0.15, 0.2) is 65.2 Å². The lowest BCUT2D eigenvalue weighted by Crippen LogP contribution is -2.17. The van der Waals surface area contributed by atoms with Crippen molar-refractivity contribution in [1.29, 1.82) is 0 Å². The van der Waals surface area contributed by atoms with Gasteiger partial charge in [0.05, 0.1) is 11.4 Å². The predicted molar refractivity (Wildman–Crippen MR) is 129 cm³/mol. The highest BCUT2D eigenvalue weighted by Gasteiger charge is 2.20. The summed E-state index contributed by atoms with van der Waals surface area (Å²) in [6.45, 7) is 0.127. The van der Waals surface area contributed by atoms with Crippen molar-refractivity contribution in [1.82, 2.24) is 0 Å². The quantitative estimate of drug-likeness (QED) is 0.250. The number of rotatable bonds is 4. The number of aliphatic imine (C=N–C) groups is 1. The van der Waals surface area contributed by atoms with Gasteiger partial charge in [0, 0.05) is 42.3 Å². The zero-order chi connectivity index (χ0) is 21.3. The smallest absolute Gasteiger partial charge is 0.138 e. The summed E-state index contributed by atoms with van der Waals surface area (Å²) in [5, 5.41) is 3.20. The van der Waals surface area contributed by atoms with E-state index < -0.39 is 5.82 Å². The van der Waals surface area contributed by atoms with Crippen LogP contribution in [-0.4, -0.2) is 12.8 Å². The van der Waals surface area contributed by atoms with Crippen molar-refractivity contribution < 1.29 is 17.9 Å². The highest BCUT2D eigenvalue weighted by molar-refractivity contribution is 14.1. The van der Waals surface area contributed by atoms with Crippen LogP contribution < -0.4 is 10.1 Å². The normalized spacial score (nSPS) is 13.4. The number of hydrogen-bond donors (Lipinski definition) is 1. The topological polar surface area (TPSA) is 33.6 Å². The largest absolute Gasteiger partial charge is 0.488 e. The predicted octanol–water partition coefficient (Wildman–Crippen LogP) is 6.93. The molecule has 0 radical (unpaired) electrons. The molecule has 3 aromatic rings. The van der Waals surface area contributed by atoms with E-state index in [1.807, 2.05) is 45.2 Å². The van der Waals surface area contributed by atoms with E-state index in [1.54, 1.807) is 36.5 Å². The third-order valence-corrected chi connectivity index (χ3v) is 6.13. The van der Waals surface area contributed by atoms with Gasteiger partial charge in [0.2, 0.25) is 0 Å². The fourth-order valence-corrected chi connectivity index (χ4v) is 3.58. The van der Waals surface area contributed by atoms with Crippen molar-refractivity contribution in [3.05, 3.63) is 90.3 Å². The molecule has 0 saturated carbocycles. The Balaban J connectivity index is 1.76. The van der Waals surface area contributed by atoms with Gasteiger partial charge < -0.3 is 10.1 Å². The Labute approximate surface area is 198 Å². The zero-order valence-corrected chi connectivity index (χ0v) is 19.5. The van der Waals surface area contributed by atoms with Gasteiger partial charge in [-0.25, -0.2) is 13.2 Å². The van der Waals surface area contributed by atoms with Gasteiger partial charge >= 0.3 is 0 Å². The number of benzene rings is 3. The van der Waals surface area contributed by atoms with E-state index in [0.717, 1.165) is 0 Å². The number of fused-ring (bicyclic) bond motifs is 1. The Morgan fingerprint density at radius 3 is 2.37 bits per heavy atom. The zero-order valence-electron chi connectivity index (χ0n) is 15.2. The first-order valence-corrected chi connectivity index (χ1v) is 10.9. The molecule has 1 aliphatic rings. The number of nitrogens with zero attached hydrogens (tertiary/aromatic N) is 1. The number of hydrogen-bond acceptors (Lipinski definition) is 3. The Morgan fingerprint density at radius 1 is 0.900 bits per heavy atom. The molecular formula is C22H13F3I2N2O. The molecule has 0 unspecified atom stereocenters. The minimum atomic E-state index is -0.417. The van der Waals surface area contributed by atoms with E-state index in [9.17, 15) is 13.2 Å². The van der Waals surface area contributed by atoms with Gasteiger partial charge in [-0.05, 0) is 87.6 Å². The molecule has 0 aromatic heterocycles. The van der Waals surface area contributed by atoms with Crippen LogP contribution in [0.25, 0.3) is 5.70 Å². The van der Waals surface area contributed by atoms with Crippen LogP contribution in [0.4, 0.5) is 24.5 Å². The molecule has 0 amide bonds. The molecule has 0 fully saturated rings. The molecule has 1 aliphatic heterocycles. The van der Waals surface area contributed by atoms with E-state index in [4.69, 9.17) is 4.74 Å². The lowest BCUT2D eigenvalue weighted by molar-refractivity contribution is 0.350. The molecule has 0 atom stereocenters. The molecule has 4 rings (SSSR count). The number of halogens is 5. The number of ether oxygens (including phenoxy) is 1. The van der Waals surface area contributed by atoms with Crippen LogP contribution in [0, 0.1) is 24.6 Å². The van der Waals surface area contributed by atoms with Crippen LogP contribution in [0.5, 0.6) is 5.75 Å². The van der Waals surface area contributed by atoms with Crippen LogP contribution in [-0.2, 0) is 0 Å². The summed E-state index contributed by atoms with van der Waals surface area (Å²) in [6, 6.07) is 13.7. The standard InChI is InChI=1S/C22H13F3I2N2O/c23-13-1-4-16-21(7-13)30-11-12(10-28-14-2-5-19(26)17(24)8-14)22(16)29-15-3-6-20(27)18(25)9-15/h1-10,29H,11H2. The van der Waals surface area contributed by atoms with E-state index >= 15 is 0 Å². The van der Waals surface area contributed by atoms with Gasteiger partial charge in [-0.15, -0.1) is 0 Å². The molecular weight excluding hydrogens is 619 g/mol. The first kappa shape index (κ1) is 21.2. The van der Waals surface area contributed by atoms with Gasteiger partial charge in [-0.1, -0.05) is 0 Å². The lowest BCUT2D eigenvalue weighted by Gasteiger charge is -2.23. The summed E-state index contributed by atoms with van der Waals surface area (Å²) in [5.41, 5.74) is 2.88. The molecule has 8 heteroatoms. The molecule has 3 aromatic carbocycles.